The highest BCUT2D eigenvalue weighted by molar-refractivity contribution is 5.95. The van der Waals surface area contributed by atoms with Crippen molar-refractivity contribution >= 4 is 16.7 Å². The standard InChI is InChI=1S/C25H36O3/c1-9-17(2)25(24(6,7)8,16-23(3,4)5)22(27)28-21-15-14-20(26)18-12-10-11-13-19(18)21/h10-15,17,26H,9,16H2,1-8H3. The lowest BCUT2D eigenvalue weighted by Crippen LogP contribution is -2.52. The molecule has 0 amide bonds. The van der Waals surface area contributed by atoms with Gasteiger partial charge in [0.2, 0.25) is 0 Å². The number of aromatic hydroxyl groups is 1. The van der Waals surface area contributed by atoms with E-state index in [9.17, 15) is 9.90 Å². The number of phenolic OH excluding ortho intramolecular Hbond substituents is 1. The molecule has 154 valence electrons. The van der Waals surface area contributed by atoms with Gasteiger partial charge in [-0.05, 0) is 35.3 Å². The van der Waals surface area contributed by atoms with E-state index in [1.165, 1.54) is 0 Å². The lowest BCUT2D eigenvalue weighted by molar-refractivity contribution is -0.162. The Kier molecular flexibility index (Phi) is 6.18. The summed E-state index contributed by atoms with van der Waals surface area (Å²) in [4.78, 5) is 13.8. The first-order valence-corrected chi connectivity index (χ1v) is 10.3. The number of carbonyl (C=O) groups excluding carboxylic acids is 1. The van der Waals surface area contributed by atoms with Crippen molar-refractivity contribution in [1.82, 2.24) is 0 Å². The zero-order chi connectivity index (χ0) is 21.3. The minimum Gasteiger partial charge on any atom is -0.507 e. The monoisotopic (exact) mass is 384 g/mol. The molecule has 2 unspecified atom stereocenters. The van der Waals surface area contributed by atoms with E-state index in [0.717, 1.165) is 18.2 Å². The van der Waals surface area contributed by atoms with Gasteiger partial charge in [-0.1, -0.05) is 86.1 Å². The first-order chi connectivity index (χ1) is 12.8. The van der Waals surface area contributed by atoms with Gasteiger partial charge in [0.25, 0.3) is 0 Å². The van der Waals surface area contributed by atoms with Crippen LogP contribution in [0.3, 0.4) is 0 Å². The lowest BCUT2D eigenvalue weighted by atomic mass is 9.54. The Balaban J connectivity index is 2.59. The second kappa shape index (κ2) is 7.77. The summed E-state index contributed by atoms with van der Waals surface area (Å²) in [6.45, 7) is 17.3. The number of carbonyl (C=O) groups is 1. The number of hydrogen-bond acceptors (Lipinski definition) is 3. The Morgan fingerprint density at radius 3 is 2.07 bits per heavy atom. The fraction of sp³-hybridized carbons (Fsp3) is 0.560. The summed E-state index contributed by atoms with van der Waals surface area (Å²) < 4.78 is 6.09. The molecule has 0 saturated carbocycles. The molecule has 28 heavy (non-hydrogen) atoms. The normalized spacial score (nSPS) is 15.9. The molecule has 2 atom stereocenters. The predicted molar refractivity (Wildman–Crippen MR) is 117 cm³/mol. The first kappa shape index (κ1) is 22.3. The van der Waals surface area contributed by atoms with Crippen LogP contribution >= 0.6 is 0 Å². The zero-order valence-electron chi connectivity index (χ0n) is 18.7. The van der Waals surface area contributed by atoms with Crippen LogP contribution in [-0.4, -0.2) is 11.1 Å². The van der Waals surface area contributed by atoms with Gasteiger partial charge in [-0.3, -0.25) is 4.79 Å². The molecule has 0 fully saturated rings. The Morgan fingerprint density at radius 2 is 1.57 bits per heavy atom. The van der Waals surface area contributed by atoms with Crippen LogP contribution in [0, 0.1) is 22.2 Å². The van der Waals surface area contributed by atoms with Crippen LogP contribution in [0.4, 0.5) is 0 Å². The average Bonchev–Trinajstić information content (AvgIpc) is 2.59. The predicted octanol–water partition coefficient (Wildman–Crippen LogP) is 6.97. The molecule has 0 aliphatic heterocycles. The largest absolute Gasteiger partial charge is 0.507 e. The Labute approximate surface area is 170 Å². The molecule has 0 aliphatic rings. The number of phenols is 1. The molecular formula is C25H36O3. The highest BCUT2D eigenvalue weighted by Gasteiger charge is 2.54. The van der Waals surface area contributed by atoms with Gasteiger partial charge in [0.15, 0.2) is 0 Å². The van der Waals surface area contributed by atoms with Crippen LogP contribution in [0.2, 0.25) is 0 Å². The topological polar surface area (TPSA) is 46.5 Å². The minimum atomic E-state index is -0.626. The van der Waals surface area contributed by atoms with Crippen molar-refractivity contribution in [3.63, 3.8) is 0 Å². The second-order valence-electron chi connectivity index (χ2n) is 10.3. The number of hydrogen-bond donors (Lipinski definition) is 1. The number of ether oxygens (including phenoxy) is 1. The second-order valence-corrected chi connectivity index (χ2v) is 10.3. The van der Waals surface area contributed by atoms with Crippen LogP contribution in [0.1, 0.15) is 68.2 Å². The molecule has 0 radical (unpaired) electrons. The molecular weight excluding hydrogens is 348 g/mol. The van der Waals surface area contributed by atoms with Gasteiger partial charge in [0.05, 0.1) is 5.41 Å². The number of benzene rings is 2. The maximum Gasteiger partial charge on any atom is 0.318 e. The van der Waals surface area contributed by atoms with E-state index in [-0.39, 0.29) is 28.5 Å². The fourth-order valence-electron chi connectivity index (χ4n) is 4.48. The average molecular weight is 385 g/mol. The molecule has 0 aromatic heterocycles. The van der Waals surface area contributed by atoms with Gasteiger partial charge in [-0.15, -0.1) is 0 Å². The SMILES string of the molecule is CCC(C)C(CC(C)(C)C)(C(=O)Oc1ccc(O)c2ccccc12)C(C)(C)C. The van der Waals surface area contributed by atoms with Gasteiger partial charge in [-0.25, -0.2) is 0 Å². The van der Waals surface area contributed by atoms with Crippen molar-refractivity contribution in [3.05, 3.63) is 36.4 Å². The van der Waals surface area contributed by atoms with Crippen LogP contribution in [0.5, 0.6) is 11.5 Å². The van der Waals surface area contributed by atoms with Crippen LogP contribution < -0.4 is 4.74 Å². The summed E-state index contributed by atoms with van der Waals surface area (Å²) >= 11 is 0. The third kappa shape index (κ3) is 4.19. The third-order valence-corrected chi connectivity index (χ3v) is 6.03. The summed E-state index contributed by atoms with van der Waals surface area (Å²) in [7, 11) is 0. The summed E-state index contributed by atoms with van der Waals surface area (Å²) in [5, 5.41) is 11.6. The highest BCUT2D eigenvalue weighted by Crippen LogP contribution is 2.53. The van der Waals surface area contributed by atoms with Gasteiger partial charge in [-0.2, -0.15) is 0 Å². The maximum absolute atomic E-state index is 13.8. The summed E-state index contributed by atoms with van der Waals surface area (Å²) in [5.74, 6) is 0.682. The van der Waals surface area contributed by atoms with Crippen molar-refractivity contribution in [2.45, 2.75) is 68.2 Å². The Bertz CT molecular complexity index is 839. The van der Waals surface area contributed by atoms with Crippen molar-refractivity contribution < 1.29 is 14.6 Å². The van der Waals surface area contributed by atoms with E-state index < -0.39 is 5.41 Å². The summed E-state index contributed by atoms with van der Waals surface area (Å²) in [6, 6.07) is 10.8. The highest BCUT2D eigenvalue weighted by atomic mass is 16.5. The van der Waals surface area contributed by atoms with Crippen LogP contribution in [0.15, 0.2) is 36.4 Å². The van der Waals surface area contributed by atoms with E-state index in [4.69, 9.17) is 4.74 Å². The fourth-order valence-corrected chi connectivity index (χ4v) is 4.48. The molecule has 0 bridgehead atoms. The van der Waals surface area contributed by atoms with Crippen molar-refractivity contribution in [2.24, 2.45) is 22.2 Å². The minimum absolute atomic E-state index is 0.0211. The summed E-state index contributed by atoms with van der Waals surface area (Å²) in [6.07, 6.45) is 1.64. The first-order valence-electron chi connectivity index (χ1n) is 10.3. The van der Waals surface area contributed by atoms with E-state index in [1.54, 1.807) is 12.1 Å². The van der Waals surface area contributed by atoms with E-state index in [0.29, 0.717) is 11.1 Å². The van der Waals surface area contributed by atoms with Crippen molar-refractivity contribution in [1.29, 1.82) is 0 Å². The molecule has 0 saturated heterocycles. The molecule has 2 aromatic carbocycles. The molecule has 0 heterocycles. The molecule has 0 aliphatic carbocycles. The zero-order valence-corrected chi connectivity index (χ0v) is 18.7. The Morgan fingerprint density at radius 1 is 1.00 bits per heavy atom. The van der Waals surface area contributed by atoms with Crippen molar-refractivity contribution in [2.75, 3.05) is 0 Å². The van der Waals surface area contributed by atoms with E-state index in [1.807, 2.05) is 24.3 Å². The van der Waals surface area contributed by atoms with Gasteiger partial charge in [0, 0.05) is 10.8 Å². The molecule has 2 rings (SSSR count). The van der Waals surface area contributed by atoms with Crippen LogP contribution in [-0.2, 0) is 4.79 Å². The number of rotatable bonds is 5. The molecule has 3 nitrogen and oxygen atoms in total. The van der Waals surface area contributed by atoms with Gasteiger partial charge in [0.1, 0.15) is 11.5 Å². The van der Waals surface area contributed by atoms with Gasteiger partial charge < -0.3 is 9.84 Å². The molecule has 3 heteroatoms. The molecule has 0 spiro atoms. The Hall–Kier alpha value is -2.03. The van der Waals surface area contributed by atoms with E-state index in [2.05, 4.69) is 55.4 Å². The van der Waals surface area contributed by atoms with E-state index >= 15 is 0 Å². The lowest BCUT2D eigenvalue weighted by Gasteiger charge is -2.49. The van der Waals surface area contributed by atoms with Crippen LogP contribution in [0.25, 0.3) is 10.8 Å². The molecule has 2 aromatic rings. The van der Waals surface area contributed by atoms with Gasteiger partial charge >= 0.3 is 5.97 Å². The quantitative estimate of drug-likeness (QED) is 0.447. The smallest absolute Gasteiger partial charge is 0.318 e. The van der Waals surface area contributed by atoms with Crippen molar-refractivity contribution in [3.8, 4) is 11.5 Å². The summed E-state index contributed by atoms with van der Waals surface area (Å²) in [5.41, 5.74) is -0.911. The third-order valence-electron chi connectivity index (χ3n) is 6.03. The number of esters is 1. The number of fused-ring (bicyclic) bond motifs is 1. The molecule has 1 N–H and O–H groups in total. The maximum atomic E-state index is 13.8.